The van der Waals surface area contributed by atoms with Crippen LogP contribution in [0.5, 0.6) is 0 Å². The van der Waals surface area contributed by atoms with Crippen molar-refractivity contribution in [1.82, 2.24) is 0 Å². The lowest BCUT2D eigenvalue weighted by atomic mass is 9.95. The molecule has 4 nitrogen and oxygen atoms in total. The van der Waals surface area contributed by atoms with Gasteiger partial charge in [-0.1, -0.05) is 54.6 Å². The Labute approximate surface area is 157 Å². The second-order valence-electron chi connectivity index (χ2n) is 6.75. The first-order valence-electron chi connectivity index (χ1n) is 8.86. The van der Waals surface area contributed by atoms with Crippen LogP contribution in [-0.2, 0) is 22.4 Å². The third kappa shape index (κ3) is 3.10. The van der Waals surface area contributed by atoms with Gasteiger partial charge in [-0.05, 0) is 46.9 Å². The molecule has 0 spiro atoms. The molecule has 4 heteroatoms. The zero-order chi connectivity index (χ0) is 19.0. The normalized spacial score (nSPS) is 12.9. The van der Waals surface area contributed by atoms with E-state index in [2.05, 4.69) is 0 Å². The van der Waals surface area contributed by atoms with Gasteiger partial charge in [0.1, 0.15) is 0 Å². The molecule has 0 bridgehead atoms. The number of carbonyl (C=O) groups is 2. The molecule has 0 fully saturated rings. The fourth-order valence-electron chi connectivity index (χ4n) is 3.65. The van der Waals surface area contributed by atoms with Gasteiger partial charge in [-0.25, -0.2) is 0 Å². The molecule has 0 atom stereocenters. The van der Waals surface area contributed by atoms with Crippen molar-refractivity contribution in [3.8, 4) is 11.1 Å². The van der Waals surface area contributed by atoms with Crippen LogP contribution in [0.3, 0.4) is 0 Å². The van der Waals surface area contributed by atoms with Gasteiger partial charge in [-0.15, -0.1) is 0 Å². The highest BCUT2D eigenvalue weighted by Crippen LogP contribution is 2.40. The van der Waals surface area contributed by atoms with Crippen LogP contribution in [0.1, 0.15) is 16.7 Å². The molecule has 27 heavy (non-hydrogen) atoms. The molecule has 1 aliphatic heterocycles. The van der Waals surface area contributed by atoms with Crippen LogP contribution in [0.25, 0.3) is 11.1 Å². The average molecular weight is 357 g/mol. The summed E-state index contributed by atoms with van der Waals surface area (Å²) in [5.41, 5.74) is 6.06. The summed E-state index contributed by atoms with van der Waals surface area (Å²) >= 11 is 0. The van der Waals surface area contributed by atoms with Crippen LogP contribution < -0.4 is 4.90 Å². The highest BCUT2D eigenvalue weighted by atomic mass is 16.4. The Kier molecular flexibility index (Phi) is 4.24. The van der Waals surface area contributed by atoms with E-state index in [4.69, 9.17) is 0 Å². The molecule has 0 radical (unpaired) electrons. The Balaban J connectivity index is 1.92. The summed E-state index contributed by atoms with van der Waals surface area (Å²) in [6.45, 7) is 1.89. The van der Waals surface area contributed by atoms with Gasteiger partial charge >= 0.3 is 5.97 Å². The lowest BCUT2D eigenvalue weighted by Crippen LogP contribution is -2.22. The molecule has 1 amide bonds. The monoisotopic (exact) mass is 357 g/mol. The van der Waals surface area contributed by atoms with Gasteiger partial charge < -0.3 is 5.11 Å². The van der Waals surface area contributed by atoms with Crippen molar-refractivity contribution in [2.24, 2.45) is 0 Å². The van der Waals surface area contributed by atoms with Crippen molar-refractivity contribution in [2.75, 3.05) is 4.90 Å². The fourth-order valence-corrected chi connectivity index (χ4v) is 3.65. The van der Waals surface area contributed by atoms with Crippen LogP contribution in [-0.4, -0.2) is 17.0 Å². The zero-order valence-corrected chi connectivity index (χ0v) is 15.0. The summed E-state index contributed by atoms with van der Waals surface area (Å²) < 4.78 is 0. The number of carbonyl (C=O) groups excluding carboxylic acids is 1. The van der Waals surface area contributed by atoms with Gasteiger partial charge in [-0.2, -0.15) is 0 Å². The molecule has 1 heterocycles. The van der Waals surface area contributed by atoms with Gasteiger partial charge in [0.25, 0.3) is 0 Å². The maximum absolute atomic E-state index is 12.8. The average Bonchev–Trinajstić information content (AvgIpc) is 2.99. The predicted octanol–water partition coefficient (Wildman–Crippen LogP) is 4.51. The molecule has 3 aromatic rings. The van der Waals surface area contributed by atoms with Crippen molar-refractivity contribution in [2.45, 2.75) is 19.8 Å². The van der Waals surface area contributed by atoms with Crippen molar-refractivity contribution < 1.29 is 14.7 Å². The van der Waals surface area contributed by atoms with Crippen LogP contribution in [0.15, 0.2) is 66.7 Å². The molecule has 0 saturated carbocycles. The van der Waals surface area contributed by atoms with Gasteiger partial charge in [-0.3, -0.25) is 14.5 Å². The van der Waals surface area contributed by atoms with Gasteiger partial charge in [0.15, 0.2) is 0 Å². The van der Waals surface area contributed by atoms with Crippen molar-refractivity contribution in [3.63, 3.8) is 0 Å². The first-order chi connectivity index (χ1) is 13.0. The number of carboxylic acid groups (broad SMARTS) is 1. The smallest absolute Gasteiger partial charge is 0.307 e. The van der Waals surface area contributed by atoms with E-state index in [0.717, 1.165) is 39.2 Å². The molecule has 4 rings (SSSR count). The van der Waals surface area contributed by atoms with Crippen LogP contribution in [0.2, 0.25) is 0 Å². The Morgan fingerprint density at radius 3 is 2.41 bits per heavy atom. The van der Waals surface area contributed by atoms with Crippen molar-refractivity contribution >= 4 is 23.3 Å². The number of nitrogens with zero attached hydrogens (tertiary/aromatic N) is 1. The molecular formula is C23H19NO3. The quantitative estimate of drug-likeness (QED) is 0.747. The number of hydrogen-bond acceptors (Lipinski definition) is 2. The second-order valence-corrected chi connectivity index (χ2v) is 6.75. The fraction of sp³-hybridized carbons (Fsp3) is 0.130. The van der Waals surface area contributed by atoms with Crippen LogP contribution in [0, 0.1) is 6.92 Å². The number of benzene rings is 3. The first kappa shape index (κ1) is 17.0. The summed E-state index contributed by atoms with van der Waals surface area (Å²) in [4.78, 5) is 25.9. The molecule has 134 valence electrons. The summed E-state index contributed by atoms with van der Waals surface area (Å²) in [6.07, 6.45) is 0.280. The molecule has 0 aromatic heterocycles. The Morgan fingerprint density at radius 2 is 1.67 bits per heavy atom. The van der Waals surface area contributed by atoms with E-state index in [1.165, 1.54) is 0 Å². The first-order valence-corrected chi connectivity index (χ1v) is 8.86. The third-order valence-corrected chi connectivity index (χ3v) is 5.00. The van der Waals surface area contributed by atoms with E-state index in [0.29, 0.717) is 6.42 Å². The molecule has 0 saturated heterocycles. The number of fused-ring (bicyclic) bond motifs is 1. The SMILES string of the molecule is Cc1c(CC(=O)O)cc(-c2ccccc2)cc1N1C(=O)Cc2ccccc21. The Hall–Kier alpha value is -3.40. The highest BCUT2D eigenvalue weighted by Gasteiger charge is 2.30. The van der Waals surface area contributed by atoms with Crippen molar-refractivity contribution in [3.05, 3.63) is 83.4 Å². The molecule has 1 N–H and O–H groups in total. The van der Waals surface area contributed by atoms with Crippen molar-refractivity contribution in [1.29, 1.82) is 0 Å². The summed E-state index contributed by atoms with van der Waals surface area (Å²) in [6, 6.07) is 21.4. The summed E-state index contributed by atoms with van der Waals surface area (Å²) in [7, 11) is 0. The van der Waals surface area contributed by atoms with Gasteiger partial charge in [0.2, 0.25) is 5.91 Å². The number of anilines is 2. The van der Waals surface area contributed by atoms with E-state index in [1.54, 1.807) is 4.90 Å². The minimum absolute atomic E-state index is 0.00536. The van der Waals surface area contributed by atoms with E-state index < -0.39 is 5.97 Å². The predicted molar refractivity (Wildman–Crippen MR) is 105 cm³/mol. The third-order valence-electron chi connectivity index (χ3n) is 5.00. The topological polar surface area (TPSA) is 57.6 Å². The Bertz CT molecular complexity index is 1040. The number of para-hydroxylation sites is 1. The maximum Gasteiger partial charge on any atom is 0.307 e. The maximum atomic E-state index is 12.8. The Morgan fingerprint density at radius 1 is 0.963 bits per heavy atom. The standard InChI is InChI=1S/C23H19NO3/c1-15-18(14-23(26)27)11-19(16-7-3-2-4-8-16)12-21(15)24-20-10-6-5-9-17(20)13-22(24)25/h2-12H,13-14H2,1H3,(H,26,27). The molecule has 1 aliphatic rings. The van der Waals surface area contributed by atoms with E-state index in [1.807, 2.05) is 73.7 Å². The summed E-state index contributed by atoms with van der Waals surface area (Å²) in [5.74, 6) is -0.881. The minimum atomic E-state index is -0.887. The van der Waals surface area contributed by atoms with E-state index in [-0.39, 0.29) is 12.3 Å². The van der Waals surface area contributed by atoms with E-state index >= 15 is 0 Å². The minimum Gasteiger partial charge on any atom is -0.481 e. The number of rotatable bonds is 4. The van der Waals surface area contributed by atoms with Gasteiger partial charge in [0, 0.05) is 0 Å². The van der Waals surface area contributed by atoms with Crippen LogP contribution in [0.4, 0.5) is 11.4 Å². The largest absolute Gasteiger partial charge is 0.481 e. The van der Waals surface area contributed by atoms with E-state index in [9.17, 15) is 14.7 Å². The molecule has 0 aliphatic carbocycles. The molecule has 0 unspecified atom stereocenters. The highest BCUT2D eigenvalue weighted by molar-refractivity contribution is 6.08. The second kappa shape index (κ2) is 6.72. The number of aliphatic carboxylic acids is 1. The van der Waals surface area contributed by atoms with Crippen LogP contribution >= 0.6 is 0 Å². The lowest BCUT2D eigenvalue weighted by molar-refractivity contribution is -0.136. The number of amides is 1. The molecular weight excluding hydrogens is 338 g/mol. The lowest BCUT2D eigenvalue weighted by Gasteiger charge is -2.23. The zero-order valence-electron chi connectivity index (χ0n) is 15.0. The van der Waals surface area contributed by atoms with Gasteiger partial charge in [0.05, 0.1) is 24.2 Å². The number of hydrogen-bond donors (Lipinski definition) is 1. The molecule has 3 aromatic carbocycles. The number of carboxylic acids is 1. The summed E-state index contributed by atoms with van der Waals surface area (Å²) in [5, 5.41) is 9.34.